The van der Waals surface area contributed by atoms with Crippen molar-refractivity contribution in [3.8, 4) is 39.5 Å². The summed E-state index contributed by atoms with van der Waals surface area (Å²) in [6.07, 6.45) is 7.05. The van der Waals surface area contributed by atoms with Gasteiger partial charge in [0.2, 0.25) is 0 Å². The van der Waals surface area contributed by atoms with Crippen LogP contribution in [0, 0.1) is 12.7 Å². The van der Waals surface area contributed by atoms with Crippen molar-refractivity contribution in [2.75, 3.05) is 27.2 Å². The predicted octanol–water partition coefficient (Wildman–Crippen LogP) is 5.01. The SMILES string of the molecule is Cc1ccncc1-c1cnc2n[nH]c(-c3nc4nccc(-c5cc(F)cc(OCCN(C)C)c5)c4[nH]3)c2c1. The monoisotopic (exact) mass is 508 g/mol. The number of nitrogens with zero attached hydrogens (tertiary/aromatic N) is 6. The zero-order valence-electron chi connectivity index (χ0n) is 21.2. The number of hydrogen-bond acceptors (Lipinski definition) is 7. The van der Waals surface area contributed by atoms with E-state index in [9.17, 15) is 4.39 Å². The second-order valence-electron chi connectivity index (χ2n) is 9.35. The smallest absolute Gasteiger partial charge is 0.181 e. The van der Waals surface area contributed by atoms with Crippen LogP contribution in [0.4, 0.5) is 4.39 Å². The van der Waals surface area contributed by atoms with Gasteiger partial charge in [-0.15, -0.1) is 0 Å². The Labute approximate surface area is 217 Å². The molecule has 0 radical (unpaired) electrons. The Morgan fingerprint density at radius 3 is 2.68 bits per heavy atom. The molecule has 2 N–H and O–H groups in total. The van der Waals surface area contributed by atoms with Crippen LogP contribution in [0.5, 0.6) is 5.75 Å². The first kappa shape index (κ1) is 23.7. The summed E-state index contributed by atoms with van der Waals surface area (Å²) in [4.78, 5) is 23.3. The maximum absolute atomic E-state index is 14.6. The number of imidazole rings is 1. The Balaban J connectivity index is 1.41. The first-order valence-corrected chi connectivity index (χ1v) is 12.1. The molecule has 0 unspecified atom stereocenters. The normalized spacial score (nSPS) is 11.6. The fourth-order valence-corrected chi connectivity index (χ4v) is 4.41. The summed E-state index contributed by atoms with van der Waals surface area (Å²) < 4.78 is 20.3. The number of nitrogens with one attached hydrogen (secondary N) is 2. The zero-order chi connectivity index (χ0) is 26.2. The highest BCUT2D eigenvalue weighted by Crippen LogP contribution is 2.33. The molecule has 0 amide bonds. The van der Waals surface area contributed by atoms with E-state index in [1.165, 1.54) is 12.1 Å². The highest BCUT2D eigenvalue weighted by atomic mass is 19.1. The number of benzene rings is 1. The number of halogens is 1. The van der Waals surface area contributed by atoms with E-state index in [2.05, 4.69) is 30.1 Å². The van der Waals surface area contributed by atoms with E-state index in [1.54, 1.807) is 18.6 Å². The number of H-pyrrole nitrogens is 2. The molecule has 0 atom stereocenters. The number of ether oxygens (including phenoxy) is 1. The van der Waals surface area contributed by atoms with Gasteiger partial charge in [-0.3, -0.25) is 10.1 Å². The van der Waals surface area contributed by atoms with E-state index in [-0.39, 0.29) is 5.82 Å². The van der Waals surface area contributed by atoms with Crippen molar-refractivity contribution in [2.45, 2.75) is 6.92 Å². The number of pyridine rings is 3. The van der Waals surface area contributed by atoms with Crippen LogP contribution in [0.1, 0.15) is 5.56 Å². The van der Waals surface area contributed by atoms with Crippen molar-refractivity contribution in [2.24, 2.45) is 0 Å². The maximum atomic E-state index is 14.6. The van der Waals surface area contributed by atoms with Crippen LogP contribution in [0.25, 0.3) is 56.0 Å². The average Bonchev–Trinajstić information content (AvgIpc) is 3.52. The molecule has 0 aliphatic carbocycles. The fraction of sp³-hybridized carbons (Fsp3) is 0.179. The molecule has 0 bridgehead atoms. The molecule has 190 valence electrons. The maximum Gasteiger partial charge on any atom is 0.181 e. The Bertz CT molecular complexity index is 1770. The molecule has 0 aliphatic heterocycles. The molecule has 38 heavy (non-hydrogen) atoms. The van der Waals surface area contributed by atoms with Gasteiger partial charge in [-0.25, -0.2) is 19.3 Å². The molecule has 1 aromatic carbocycles. The number of fused-ring (bicyclic) bond motifs is 2. The second-order valence-corrected chi connectivity index (χ2v) is 9.35. The van der Waals surface area contributed by atoms with Crippen LogP contribution in [0.2, 0.25) is 0 Å². The molecule has 6 rings (SSSR count). The van der Waals surface area contributed by atoms with Crippen LogP contribution in [-0.4, -0.2) is 67.3 Å². The largest absolute Gasteiger partial charge is 0.492 e. The van der Waals surface area contributed by atoms with E-state index in [0.717, 1.165) is 34.2 Å². The minimum Gasteiger partial charge on any atom is -0.492 e. The summed E-state index contributed by atoms with van der Waals surface area (Å²) in [6.45, 7) is 3.22. The molecule has 0 saturated heterocycles. The molecule has 0 saturated carbocycles. The molecule has 6 aromatic rings. The third kappa shape index (κ3) is 4.46. The van der Waals surface area contributed by atoms with Gasteiger partial charge in [0.15, 0.2) is 17.1 Å². The number of rotatable bonds is 7. The molecule has 0 fully saturated rings. The van der Waals surface area contributed by atoms with Gasteiger partial charge in [-0.05, 0) is 62.5 Å². The van der Waals surface area contributed by atoms with E-state index >= 15 is 0 Å². The van der Waals surface area contributed by atoms with E-state index in [1.807, 2.05) is 56.4 Å². The highest BCUT2D eigenvalue weighted by Gasteiger charge is 2.17. The van der Waals surface area contributed by atoms with Gasteiger partial charge in [-0.1, -0.05) is 0 Å². The van der Waals surface area contributed by atoms with Crippen molar-refractivity contribution in [1.29, 1.82) is 0 Å². The van der Waals surface area contributed by atoms with E-state index in [4.69, 9.17) is 9.72 Å². The standard InChI is InChI=1S/C28H25FN8O/c1-16-4-6-30-15-23(16)18-12-22-25(35-36-26(22)32-14-18)28-33-24-21(5-7-31-27(24)34-28)17-10-19(29)13-20(11-17)38-9-8-37(2)3/h4-7,10-15H,8-9H2,1-3H3,(H,31,33,34)(H,32,35,36). The molecule has 0 spiro atoms. The van der Waals surface area contributed by atoms with Crippen molar-refractivity contribution < 1.29 is 9.13 Å². The first-order valence-electron chi connectivity index (χ1n) is 12.1. The summed E-state index contributed by atoms with van der Waals surface area (Å²) in [7, 11) is 3.92. The third-order valence-electron chi connectivity index (χ3n) is 6.38. The summed E-state index contributed by atoms with van der Waals surface area (Å²) >= 11 is 0. The summed E-state index contributed by atoms with van der Waals surface area (Å²) in [5.41, 5.74) is 6.91. The van der Waals surface area contributed by atoms with Crippen molar-refractivity contribution in [3.05, 3.63) is 72.6 Å². The Kier molecular flexibility index (Phi) is 6.01. The highest BCUT2D eigenvalue weighted by molar-refractivity contribution is 5.96. The fourth-order valence-electron chi connectivity index (χ4n) is 4.41. The van der Waals surface area contributed by atoms with Crippen LogP contribution < -0.4 is 4.74 Å². The number of aromatic nitrogens is 7. The Morgan fingerprint density at radius 1 is 0.947 bits per heavy atom. The van der Waals surface area contributed by atoms with E-state index < -0.39 is 0 Å². The Hall–Kier alpha value is -4.70. The summed E-state index contributed by atoms with van der Waals surface area (Å²) in [6, 6.07) is 10.5. The van der Waals surface area contributed by atoms with Gasteiger partial charge >= 0.3 is 0 Å². The van der Waals surface area contributed by atoms with Gasteiger partial charge in [-0.2, -0.15) is 5.10 Å². The number of aryl methyl sites for hydroxylation is 1. The molecular formula is C28H25FN8O. The van der Waals surface area contributed by atoms with Crippen molar-refractivity contribution in [1.82, 2.24) is 40.0 Å². The molecule has 0 aliphatic rings. The van der Waals surface area contributed by atoms with Crippen LogP contribution in [0.3, 0.4) is 0 Å². The van der Waals surface area contributed by atoms with Crippen LogP contribution >= 0.6 is 0 Å². The lowest BCUT2D eigenvalue weighted by Gasteiger charge is -2.12. The predicted molar refractivity (Wildman–Crippen MR) is 144 cm³/mol. The third-order valence-corrected chi connectivity index (χ3v) is 6.38. The summed E-state index contributed by atoms with van der Waals surface area (Å²) in [5, 5.41) is 8.24. The molecule has 9 nitrogen and oxygen atoms in total. The van der Waals surface area contributed by atoms with Crippen molar-refractivity contribution in [3.63, 3.8) is 0 Å². The van der Waals surface area contributed by atoms with Crippen molar-refractivity contribution >= 4 is 22.2 Å². The number of likely N-dealkylation sites (N-methyl/N-ethyl adjacent to an activating group) is 1. The number of aromatic amines is 2. The van der Waals surface area contributed by atoms with Gasteiger partial charge in [0.25, 0.3) is 0 Å². The van der Waals surface area contributed by atoms with Gasteiger partial charge in [0.1, 0.15) is 23.9 Å². The lowest BCUT2D eigenvalue weighted by molar-refractivity contribution is 0.260. The second kappa shape index (κ2) is 9.64. The van der Waals surface area contributed by atoms with Crippen LogP contribution in [-0.2, 0) is 0 Å². The zero-order valence-corrected chi connectivity index (χ0v) is 21.2. The molecular weight excluding hydrogens is 483 g/mol. The Morgan fingerprint density at radius 2 is 1.84 bits per heavy atom. The minimum absolute atomic E-state index is 0.379. The van der Waals surface area contributed by atoms with Gasteiger partial charge in [0.05, 0.1) is 10.9 Å². The molecule has 10 heteroatoms. The minimum atomic E-state index is -0.379. The molecule has 5 aromatic heterocycles. The molecule has 5 heterocycles. The lowest BCUT2D eigenvalue weighted by Crippen LogP contribution is -2.19. The van der Waals surface area contributed by atoms with Crippen LogP contribution in [0.15, 0.2) is 61.2 Å². The average molecular weight is 509 g/mol. The van der Waals surface area contributed by atoms with Gasteiger partial charge in [0, 0.05) is 54.1 Å². The topological polar surface area (TPSA) is 108 Å². The van der Waals surface area contributed by atoms with Gasteiger partial charge < -0.3 is 14.6 Å². The summed E-state index contributed by atoms with van der Waals surface area (Å²) in [5.74, 6) is 0.648. The number of hydrogen-bond donors (Lipinski definition) is 2. The first-order chi connectivity index (χ1) is 18.5. The quantitative estimate of drug-likeness (QED) is 0.312. The lowest BCUT2D eigenvalue weighted by atomic mass is 10.0. The van der Waals surface area contributed by atoms with E-state index in [0.29, 0.717) is 46.2 Å².